The number of carbonyl (C=O) groups excluding carboxylic acids is 2. The Bertz CT molecular complexity index is 743. The van der Waals surface area contributed by atoms with Crippen LogP contribution in [0.2, 0.25) is 0 Å². The fourth-order valence-corrected chi connectivity index (χ4v) is 6.06. The van der Waals surface area contributed by atoms with Crippen molar-refractivity contribution < 1.29 is 18.0 Å². The monoisotopic (exact) mass is 425 g/mol. The Morgan fingerprint density at radius 3 is 2.04 bits per heavy atom. The van der Waals surface area contributed by atoms with E-state index in [9.17, 15) is 18.0 Å². The van der Waals surface area contributed by atoms with Gasteiger partial charge in [-0.2, -0.15) is 0 Å². The van der Waals surface area contributed by atoms with Crippen molar-refractivity contribution in [3.8, 4) is 0 Å². The first-order valence-corrected chi connectivity index (χ1v) is 10.8. The van der Waals surface area contributed by atoms with Crippen LogP contribution in [0.4, 0.5) is 0 Å². The number of primary amides is 1. The maximum absolute atomic E-state index is 12.8. The van der Waals surface area contributed by atoms with Gasteiger partial charge in [0, 0.05) is 0 Å². The number of ketones is 1. The minimum Gasteiger partial charge on any atom is -0.368 e. The first-order chi connectivity index (χ1) is 11.5. The standard InChI is InChI=1S/C16H27N3O4S2.ClH/c1-5-7-12(8-6-2)25(22,23)9-16(18,15(17)21)14(20)13-10(3)19-11(4)24-13;/h12H,5-9,18H2,1-4H3,(H2,17,21);1H. The lowest BCUT2D eigenvalue weighted by Gasteiger charge is -2.26. The molecule has 1 unspecified atom stereocenters. The van der Waals surface area contributed by atoms with E-state index < -0.39 is 38.1 Å². The SMILES string of the molecule is CCCC(CCC)S(=O)(=O)CC(N)(C(N)=O)C(=O)c1sc(C)nc1C.Cl. The highest BCUT2D eigenvalue weighted by Gasteiger charge is 2.47. The predicted molar refractivity (Wildman–Crippen MR) is 107 cm³/mol. The fourth-order valence-electron chi connectivity index (χ4n) is 2.78. The van der Waals surface area contributed by atoms with E-state index in [1.54, 1.807) is 13.8 Å². The van der Waals surface area contributed by atoms with Crippen LogP contribution in [0, 0.1) is 13.8 Å². The van der Waals surface area contributed by atoms with Gasteiger partial charge in [-0.05, 0) is 26.7 Å². The van der Waals surface area contributed by atoms with Crippen molar-refractivity contribution in [2.45, 2.75) is 64.2 Å². The van der Waals surface area contributed by atoms with Crippen molar-refractivity contribution in [1.29, 1.82) is 0 Å². The number of thiazole rings is 1. The van der Waals surface area contributed by atoms with Crippen molar-refractivity contribution in [2.24, 2.45) is 11.5 Å². The van der Waals surface area contributed by atoms with Crippen molar-refractivity contribution in [2.75, 3.05) is 5.75 Å². The van der Waals surface area contributed by atoms with Gasteiger partial charge >= 0.3 is 0 Å². The van der Waals surface area contributed by atoms with Crippen molar-refractivity contribution in [3.05, 3.63) is 15.6 Å². The van der Waals surface area contributed by atoms with Crippen LogP contribution in [0.25, 0.3) is 0 Å². The summed E-state index contributed by atoms with van der Waals surface area (Å²) in [6, 6.07) is 0. The number of nitrogens with zero attached hydrogens (tertiary/aromatic N) is 1. The number of carbonyl (C=O) groups is 2. The van der Waals surface area contributed by atoms with Gasteiger partial charge in [-0.15, -0.1) is 23.7 Å². The summed E-state index contributed by atoms with van der Waals surface area (Å²) in [6.45, 7) is 7.10. The molecule has 1 aromatic heterocycles. The lowest BCUT2D eigenvalue weighted by atomic mass is 9.95. The molecule has 0 aromatic carbocycles. The zero-order valence-electron chi connectivity index (χ0n) is 15.6. The molecule has 0 saturated heterocycles. The van der Waals surface area contributed by atoms with E-state index in [1.165, 1.54) is 0 Å². The minimum absolute atomic E-state index is 0. The molecule has 0 aliphatic rings. The van der Waals surface area contributed by atoms with E-state index >= 15 is 0 Å². The Morgan fingerprint density at radius 2 is 1.69 bits per heavy atom. The number of aromatic nitrogens is 1. The molecule has 150 valence electrons. The van der Waals surface area contributed by atoms with Gasteiger partial charge < -0.3 is 11.5 Å². The number of amides is 1. The summed E-state index contributed by atoms with van der Waals surface area (Å²) < 4.78 is 25.6. The second-order valence-corrected chi connectivity index (χ2v) is 9.80. The third-order valence-electron chi connectivity index (χ3n) is 4.11. The molecule has 1 heterocycles. The van der Waals surface area contributed by atoms with Gasteiger partial charge in [0.05, 0.1) is 26.6 Å². The van der Waals surface area contributed by atoms with Crippen LogP contribution in [0.5, 0.6) is 0 Å². The molecule has 0 fully saturated rings. The van der Waals surface area contributed by atoms with Crippen molar-refractivity contribution >= 4 is 45.3 Å². The van der Waals surface area contributed by atoms with E-state index in [4.69, 9.17) is 11.5 Å². The summed E-state index contributed by atoms with van der Waals surface area (Å²) in [5.41, 5.74) is 9.47. The van der Waals surface area contributed by atoms with Gasteiger partial charge in [0.2, 0.25) is 11.7 Å². The summed E-state index contributed by atoms with van der Waals surface area (Å²) in [5, 5.41) is -0.00719. The van der Waals surface area contributed by atoms with Gasteiger partial charge in [0.1, 0.15) is 0 Å². The molecule has 1 aromatic rings. The lowest BCUT2D eigenvalue weighted by Crippen LogP contribution is -2.63. The molecule has 0 bridgehead atoms. The average molecular weight is 426 g/mol. The van der Waals surface area contributed by atoms with E-state index in [1.807, 2.05) is 13.8 Å². The molecule has 0 spiro atoms. The second kappa shape index (κ2) is 9.77. The molecule has 1 rings (SSSR count). The van der Waals surface area contributed by atoms with Gasteiger partial charge in [0.25, 0.3) is 0 Å². The van der Waals surface area contributed by atoms with Gasteiger partial charge in [-0.25, -0.2) is 13.4 Å². The molecule has 4 N–H and O–H groups in total. The Labute approximate surface area is 165 Å². The largest absolute Gasteiger partial charge is 0.368 e. The van der Waals surface area contributed by atoms with Crippen LogP contribution < -0.4 is 11.5 Å². The minimum atomic E-state index is -3.77. The molecule has 10 heteroatoms. The smallest absolute Gasteiger partial charge is 0.246 e. The van der Waals surface area contributed by atoms with E-state index in [2.05, 4.69) is 4.98 Å². The van der Waals surface area contributed by atoms with Crippen molar-refractivity contribution in [3.63, 3.8) is 0 Å². The third kappa shape index (κ3) is 5.48. The summed E-state index contributed by atoms with van der Waals surface area (Å²) in [7, 11) is -3.77. The normalized spacial score (nSPS) is 13.9. The van der Waals surface area contributed by atoms with Gasteiger partial charge in [-0.3, -0.25) is 9.59 Å². The van der Waals surface area contributed by atoms with Crippen LogP contribution in [0.1, 0.15) is 59.9 Å². The van der Waals surface area contributed by atoms with Crippen LogP contribution in [0.3, 0.4) is 0 Å². The highest BCUT2D eigenvalue weighted by molar-refractivity contribution is 7.92. The molecule has 0 aliphatic carbocycles. The van der Waals surface area contributed by atoms with Gasteiger partial charge in [-0.1, -0.05) is 26.7 Å². The molecule has 0 aliphatic heterocycles. The Kier molecular flexibility index (Phi) is 9.39. The molecular formula is C16H28ClN3O4S2. The number of rotatable bonds is 10. The summed E-state index contributed by atoms with van der Waals surface area (Å²) in [6.07, 6.45) is 2.27. The molecule has 1 atom stereocenters. The third-order valence-corrected chi connectivity index (χ3v) is 7.53. The number of nitrogens with two attached hydrogens (primary N) is 2. The highest BCUT2D eigenvalue weighted by Crippen LogP contribution is 2.25. The Morgan fingerprint density at radius 1 is 1.19 bits per heavy atom. The number of halogens is 1. The topological polar surface area (TPSA) is 133 Å². The molecule has 0 saturated carbocycles. The molecule has 7 nitrogen and oxygen atoms in total. The van der Waals surface area contributed by atoms with Crippen LogP contribution in [-0.4, -0.2) is 41.6 Å². The molecular weight excluding hydrogens is 398 g/mol. The zero-order chi connectivity index (χ0) is 19.4. The van der Waals surface area contributed by atoms with Crippen LogP contribution >= 0.6 is 23.7 Å². The second-order valence-electron chi connectivity index (χ2n) is 6.32. The molecule has 26 heavy (non-hydrogen) atoms. The Balaban J connectivity index is 0.00000625. The summed E-state index contributed by atoms with van der Waals surface area (Å²) in [4.78, 5) is 29.1. The first-order valence-electron chi connectivity index (χ1n) is 8.28. The first kappa shape index (κ1) is 25.0. The summed E-state index contributed by atoms with van der Waals surface area (Å²) >= 11 is 1.08. The quantitative estimate of drug-likeness (QED) is 0.434. The number of hydrogen-bond acceptors (Lipinski definition) is 7. The number of sulfone groups is 1. The number of Topliss-reactive ketones (excluding diaryl/α,β-unsaturated/α-hetero) is 1. The predicted octanol–water partition coefficient (Wildman–Crippen LogP) is 1.93. The van der Waals surface area contributed by atoms with Gasteiger partial charge in [0.15, 0.2) is 15.4 Å². The lowest BCUT2D eigenvalue weighted by molar-refractivity contribution is -0.120. The average Bonchev–Trinajstić information content (AvgIpc) is 2.84. The summed E-state index contributed by atoms with van der Waals surface area (Å²) in [5.74, 6) is -2.70. The zero-order valence-corrected chi connectivity index (χ0v) is 18.0. The molecule has 0 radical (unpaired) electrons. The van der Waals surface area contributed by atoms with Crippen LogP contribution in [0.15, 0.2) is 0 Å². The fraction of sp³-hybridized carbons (Fsp3) is 0.688. The molecule has 1 amide bonds. The maximum atomic E-state index is 12.8. The maximum Gasteiger partial charge on any atom is 0.246 e. The van der Waals surface area contributed by atoms with E-state index in [-0.39, 0.29) is 17.3 Å². The van der Waals surface area contributed by atoms with Crippen molar-refractivity contribution in [1.82, 2.24) is 4.98 Å². The number of aryl methyl sites for hydroxylation is 2. The highest BCUT2D eigenvalue weighted by atomic mass is 35.5. The van der Waals surface area contributed by atoms with E-state index in [0.717, 1.165) is 11.3 Å². The number of hydrogen-bond donors (Lipinski definition) is 2. The Hall–Kier alpha value is -1.03. The van der Waals surface area contributed by atoms with Crippen LogP contribution in [-0.2, 0) is 14.6 Å². The van der Waals surface area contributed by atoms with E-state index in [0.29, 0.717) is 36.4 Å².